The third-order valence-corrected chi connectivity index (χ3v) is 1.69. The predicted molar refractivity (Wildman–Crippen MR) is 42.0 cm³/mol. The van der Waals surface area contributed by atoms with Crippen LogP contribution in [-0.4, -0.2) is 24.9 Å². The van der Waals surface area contributed by atoms with E-state index in [2.05, 4.69) is 13.8 Å². The number of methoxy groups -OCH3 is 1. The Morgan fingerprint density at radius 1 is 1.40 bits per heavy atom. The highest BCUT2D eigenvalue weighted by molar-refractivity contribution is 4.60. The number of rotatable bonds is 5. The first-order chi connectivity index (χ1) is 4.72. The molecule has 0 fully saturated rings. The van der Waals surface area contributed by atoms with Crippen LogP contribution < -0.4 is 0 Å². The summed E-state index contributed by atoms with van der Waals surface area (Å²) >= 11 is 0. The fourth-order valence-electron chi connectivity index (χ4n) is 1.02. The van der Waals surface area contributed by atoms with Gasteiger partial charge in [0.1, 0.15) is 0 Å². The molecule has 0 saturated carbocycles. The van der Waals surface area contributed by atoms with E-state index in [9.17, 15) is 0 Å². The predicted octanol–water partition coefficient (Wildman–Crippen LogP) is 1.43. The monoisotopic (exact) mass is 146 g/mol. The van der Waals surface area contributed by atoms with Crippen LogP contribution in [0, 0.1) is 5.92 Å². The Kier molecular flexibility index (Phi) is 5.64. The molecule has 0 rings (SSSR count). The van der Waals surface area contributed by atoms with Crippen molar-refractivity contribution in [1.29, 1.82) is 0 Å². The molecule has 10 heavy (non-hydrogen) atoms. The molecule has 2 heteroatoms. The van der Waals surface area contributed by atoms with E-state index in [0.717, 1.165) is 12.8 Å². The Bertz CT molecular complexity index is 71.7. The largest absolute Gasteiger partial charge is 0.396 e. The van der Waals surface area contributed by atoms with E-state index in [4.69, 9.17) is 9.84 Å². The molecule has 0 unspecified atom stereocenters. The molecule has 0 aromatic carbocycles. The van der Waals surface area contributed by atoms with Gasteiger partial charge < -0.3 is 9.84 Å². The molecule has 0 saturated heterocycles. The van der Waals surface area contributed by atoms with Gasteiger partial charge in [0.05, 0.1) is 6.10 Å². The highest BCUT2D eigenvalue weighted by atomic mass is 16.5. The lowest BCUT2D eigenvalue weighted by Crippen LogP contribution is -2.18. The van der Waals surface area contributed by atoms with Crippen molar-refractivity contribution in [2.75, 3.05) is 13.7 Å². The number of aliphatic hydroxyl groups is 1. The minimum absolute atomic E-state index is 0.270. The van der Waals surface area contributed by atoms with E-state index in [0.29, 0.717) is 12.0 Å². The summed E-state index contributed by atoms with van der Waals surface area (Å²) in [5.41, 5.74) is 0. The Morgan fingerprint density at radius 2 is 2.00 bits per heavy atom. The number of aliphatic hydroxyl groups excluding tert-OH is 1. The number of hydrogen-bond donors (Lipinski definition) is 1. The molecule has 2 nitrogen and oxygen atoms in total. The van der Waals surface area contributed by atoms with E-state index in [1.807, 2.05) is 0 Å². The summed E-state index contributed by atoms with van der Waals surface area (Å²) in [5, 5.41) is 8.54. The second kappa shape index (κ2) is 5.69. The molecular formula is C8H18O2. The quantitative estimate of drug-likeness (QED) is 0.635. The van der Waals surface area contributed by atoms with Crippen molar-refractivity contribution in [3.05, 3.63) is 0 Å². The van der Waals surface area contributed by atoms with Crippen molar-refractivity contribution in [3.8, 4) is 0 Å². The lowest BCUT2D eigenvalue weighted by atomic mass is 10.0. The average Bonchev–Trinajstić information content (AvgIpc) is 1.89. The normalized spacial score (nSPS) is 14.1. The maximum absolute atomic E-state index is 8.54. The summed E-state index contributed by atoms with van der Waals surface area (Å²) in [4.78, 5) is 0. The van der Waals surface area contributed by atoms with Crippen LogP contribution in [0.15, 0.2) is 0 Å². The first kappa shape index (κ1) is 9.92. The van der Waals surface area contributed by atoms with Crippen LogP contribution in [0.5, 0.6) is 0 Å². The Morgan fingerprint density at radius 3 is 2.30 bits per heavy atom. The standard InChI is InChI=1S/C8H18O2/c1-7(2)8(10-3)5-4-6-9/h7-9H,4-6H2,1-3H3/t8-/m0/s1. The Balaban J connectivity index is 3.40. The van der Waals surface area contributed by atoms with Crippen LogP contribution in [0.3, 0.4) is 0 Å². The third-order valence-electron chi connectivity index (χ3n) is 1.69. The second-order valence-corrected chi connectivity index (χ2v) is 2.88. The molecular weight excluding hydrogens is 128 g/mol. The summed E-state index contributed by atoms with van der Waals surface area (Å²) in [5.74, 6) is 0.552. The summed E-state index contributed by atoms with van der Waals surface area (Å²) in [6.07, 6.45) is 2.12. The summed E-state index contributed by atoms with van der Waals surface area (Å²) in [6, 6.07) is 0. The fraction of sp³-hybridized carbons (Fsp3) is 1.00. The summed E-state index contributed by atoms with van der Waals surface area (Å²) < 4.78 is 5.20. The first-order valence-electron chi connectivity index (χ1n) is 3.86. The zero-order valence-corrected chi connectivity index (χ0v) is 7.13. The van der Waals surface area contributed by atoms with Gasteiger partial charge in [0, 0.05) is 13.7 Å². The molecule has 0 aliphatic rings. The van der Waals surface area contributed by atoms with Crippen LogP contribution in [0.25, 0.3) is 0 Å². The molecule has 0 aliphatic heterocycles. The molecule has 1 N–H and O–H groups in total. The molecule has 0 radical (unpaired) electrons. The summed E-state index contributed by atoms with van der Waals surface area (Å²) in [6.45, 7) is 4.53. The molecule has 0 spiro atoms. The molecule has 1 atom stereocenters. The third kappa shape index (κ3) is 3.85. The molecule has 0 aromatic heterocycles. The van der Waals surface area contributed by atoms with E-state index in [1.54, 1.807) is 7.11 Å². The summed E-state index contributed by atoms with van der Waals surface area (Å²) in [7, 11) is 1.72. The zero-order valence-electron chi connectivity index (χ0n) is 7.13. The number of ether oxygens (including phenoxy) is 1. The SMILES string of the molecule is CO[C@@H](CCCO)C(C)C. The topological polar surface area (TPSA) is 29.5 Å². The van der Waals surface area contributed by atoms with Crippen LogP contribution in [0.4, 0.5) is 0 Å². The van der Waals surface area contributed by atoms with E-state index < -0.39 is 0 Å². The smallest absolute Gasteiger partial charge is 0.0595 e. The van der Waals surface area contributed by atoms with Gasteiger partial charge in [-0.15, -0.1) is 0 Å². The van der Waals surface area contributed by atoms with Crippen LogP contribution in [0.2, 0.25) is 0 Å². The van der Waals surface area contributed by atoms with Gasteiger partial charge in [-0.05, 0) is 18.8 Å². The Labute approximate surface area is 63.2 Å². The van der Waals surface area contributed by atoms with Gasteiger partial charge in [-0.25, -0.2) is 0 Å². The van der Waals surface area contributed by atoms with Crippen LogP contribution >= 0.6 is 0 Å². The van der Waals surface area contributed by atoms with Gasteiger partial charge in [-0.2, -0.15) is 0 Å². The van der Waals surface area contributed by atoms with Gasteiger partial charge in [0.25, 0.3) is 0 Å². The Hall–Kier alpha value is -0.0800. The van der Waals surface area contributed by atoms with Crippen molar-refractivity contribution < 1.29 is 9.84 Å². The molecule has 0 bridgehead atoms. The molecule has 0 aromatic rings. The van der Waals surface area contributed by atoms with Crippen LogP contribution in [0.1, 0.15) is 26.7 Å². The van der Waals surface area contributed by atoms with E-state index in [-0.39, 0.29) is 6.61 Å². The van der Waals surface area contributed by atoms with Crippen LogP contribution in [-0.2, 0) is 4.74 Å². The van der Waals surface area contributed by atoms with Crippen molar-refractivity contribution >= 4 is 0 Å². The van der Waals surface area contributed by atoms with E-state index >= 15 is 0 Å². The lowest BCUT2D eigenvalue weighted by Gasteiger charge is -2.17. The van der Waals surface area contributed by atoms with Crippen molar-refractivity contribution in [3.63, 3.8) is 0 Å². The first-order valence-corrected chi connectivity index (χ1v) is 3.86. The van der Waals surface area contributed by atoms with E-state index in [1.165, 1.54) is 0 Å². The highest BCUT2D eigenvalue weighted by Crippen LogP contribution is 2.10. The molecule has 0 aliphatic carbocycles. The van der Waals surface area contributed by atoms with Gasteiger partial charge in [0.15, 0.2) is 0 Å². The maximum atomic E-state index is 8.54. The van der Waals surface area contributed by atoms with Crippen molar-refractivity contribution in [1.82, 2.24) is 0 Å². The van der Waals surface area contributed by atoms with Gasteiger partial charge in [-0.3, -0.25) is 0 Å². The number of hydrogen-bond acceptors (Lipinski definition) is 2. The molecule has 62 valence electrons. The second-order valence-electron chi connectivity index (χ2n) is 2.88. The molecule has 0 amide bonds. The maximum Gasteiger partial charge on any atom is 0.0595 e. The van der Waals surface area contributed by atoms with Gasteiger partial charge in [0.2, 0.25) is 0 Å². The highest BCUT2D eigenvalue weighted by Gasteiger charge is 2.10. The minimum atomic E-state index is 0.270. The minimum Gasteiger partial charge on any atom is -0.396 e. The fourth-order valence-corrected chi connectivity index (χ4v) is 1.02. The van der Waals surface area contributed by atoms with Gasteiger partial charge >= 0.3 is 0 Å². The van der Waals surface area contributed by atoms with Crippen molar-refractivity contribution in [2.45, 2.75) is 32.8 Å². The zero-order chi connectivity index (χ0) is 7.98. The molecule has 0 heterocycles. The average molecular weight is 146 g/mol. The lowest BCUT2D eigenvalue weighted by molar-refractivity contribution is 0.0524. The van der Waals surface area contributed by atoms with Crippen molar-refractivity contribution in [2.24, 2.45) is 5.92 Å². The van der Waals surface area contributed by atoms with Gasteiger partial charge in [-0.1, -0.05) is 13.8 Å².